The number of aryl methyl sites for hydroxylation is 1. The van der Waals surface area contributed by atoms with Crippen LogP contribution in [-0.2, 0) is 10.0 Å². The summed E-state index contributed by atoms with van der Waals surface area (Å²) in [6.45, 7) is 1.76. The quantitative estimate of drug-likeness (QED) is 0.787. The van der Waals surface area contributed by atoms with Gasteiger partial charge in [-0.15, -0.1) is 0 Å². The number of nitrogens with one attached hydrogen (secondary N) is 1. The molecular weight excluding hydrogens is 321 g/mol. The van der Waals surface area contributed by atoms with Gasteiger partial charge in [0.1, 0.15) is 12.4 Å². The predicted molar refractivity (Wildman–Crippen MR) is 84.8 cm³/mol. The third-order valence-electron chi connectivity index (χ3n) is 3.15. The lowest BCUT2D eigenvalue weighted by atomic mass is 10.2. The summed E-state index contributed by atoms with van der Waals surface area (Å²) in [7, 11) is -2.18. The van der Waals surface area contributed by atoms with E-state index in [4.69, 9.17) is 9.47 Å². The molecule has 0 aliphatic heterocycles. The summed E-state index contributed by atoms with van der Waals surface area (Å²) in [5.41, 5.74) is 0.350. The average Bonchev–Trinajstić information content (AvgIpc) is 2.51. The minimum absolute atomic E-state index is 0.0520. The molecule has 0 bridgehead atoms. The zero-order chi connectivity index (χ0) is 16.9. The van der Waals surface area contributed by atoms with Crippen molar-refractivity contribution in [3.63, 3.8) is 0 Å². The van der Waals surface area contributed by atoms with Gasteiger partial charge in [0, 0.05) is 6.54 Å². The number of hydrogen-bond acceptors (Lipinski definition) is 4. The molecule has 23 heavy (non-hydrogen) atoms. The molecule has 1 N–H and O–H groups in total. The standard InChI is InChI=1S/C16H18FNO4S/c1-12-11-13(17)7-8-16(12)23(19,20)18-9-10-22-15-6-4-3-5-14(15)21-2/h3-8,11,18H,9-10H2,1-2H3. The first kappa shape index (κ1) is 17.2. The van der Waals surface area contributed by atoms with Gasteiger partial charge >= 0.3 is 0 Å². The Balaban J connectivity index is 1.95. The van der Waals surface area contributed by atoms with Gasteiger partial charge in [-0.05, 0) is 42.8 Å². The minimum Gasteiger partial charge on any atom is -0.493 e. The molecule has 0 saturated heterocycles. The third-order valence-corrected chi connectivity index (χ3v) is 4.77. The van der Waals surface area contributed by atoms with Gasteiger partial charge in [0.15, 0.2) is 11.5 Å². The summed E-state index contributed by atoms with van der Waals surface area (Å²) < 4.78 is 50.5. The van der Waals surface area contributed by atoms with Crippen LogP contribution >= 0.6 is 0 Å². The maximum atomic E-state index is 13.1. The number of ether oxygens (including phenoxy) is 2. The number of hydrogen-bond donors (Lipinski definition) is 1. The summed E-state index contributed by atoms with van der Waals surface area (Å²) in [5, 5.41) is 0. The molecule has 0 saturated carbocycles. The molecule has 2 rings (SSSR count). The SMILES string of the molecule is COc1ccccc1OCCNS(=O)(=O)c1ccc(F)cc1C. The second kappa shape index (κ2) is 7.43. The fourth-order valence-corrected chi connectivity index (χ4v) is 3.30. The maximum absolute atomic E-state index is 13.1. The van der Waals surface area contributed by atoms with Crippen molar-refractivity contribution in [1.82, 2.24) is 4.72 Å². The van der Waals surface area contributed by atoms with Gasteiger partial charge in [0.25, 0.3) is 0 Å². The number of methoxy groups -OCH3 is 1. The van der Waals surface area contributed by atoms with Gasteiger partial charge < -0.3 is 9.47 Å². The Hall–Kier alpha value is -2.12. The second-order valence-electron chi connectivity index (χ2n) is 4.81. The molecule has 0 fully saturated rings. The Morgan fingerprint density at radius 3 is 2.48 bits per heavy atom. The first-order valence-electron chi connectivity index (χ1n) is 6.95. The minimum atomic E-state index is -3.71. The maximum Gasteiger partial charge on any atom is 0.240 e. The molecule has 0 aliphatic carbocycles. The van der Waals surface area contributed by atoms with Crippen molar-refractivity contribution >= 4 is 10.0 Å². The Morgan fingerprint density at radius 2 is 1.83 bits per heavy atom. The number of halogens is 1. The summed E-state index contributed by atoms with van der Waals surface area (Å²) in [6.07, 6.45) is 0. The van der Waals surface area contributed by atoms with E-state index in [-0.39, 0.29) is 18.0 Å². The van der Waals surface area contributed by atoms with Gasteiger partial charge in [-0.2, -0.15) is 0 Å². The largest absolute Gasteiger partial charge is 0.493 e. The lowest BCUT2D eigenvalue weighted by molar-refractivity contribution is 0.298. The fourth-order valence-electron chi connectivity index (χ4n) is 2.07. The van der Waals surface area contributed by atoms with Crippen LogP contribution in [0.3, 0.4) is 0 Å². The van der Waals surface area contributed by atoms with Crippen LogP contribution in [0.25, 0.3) is 0 Å². The van der Waals surface area contributed by atoms with Crippen molar-refractivity contribution in [1.29, 1.82) is 0 Å². The van der Waals surface area contributed by atoms with Crippen LogP contribution in [0.4, 0.5) is 4.39 Å². The summed E-state index contributed by atoms with van der Waals surface area (Å²) >= 11 is 0. The van der Waals surface area contributed by atoms with Crippen molar-refractivity contribution in [2.75, 3.05) is 20.3 Å². The Kier molecular flexibility index (Phi) is 5.57. The van der Waals surface area contributed by atoms with Crippen LogP contribution < -0.4 is 14.2 Å². The van der Waals surface area contributed by atoms with Gasteiger partial charge in [-0.1, -0.05) is 12.1 Å². The van der Waals surface area contributed by atoms with Crippen molar-refractivity contribution in [3.8, 4) is 11.5 Å². The second-order valence-corrected chi connectivity index (χ2v) is 6.54. The van der Waals surface area contributed by atoms with E-state index in [0.29, 0.717) is 17.1 Å². The van der Waals surface area contributed by atoms with Gasteiger partial charge in [0.2, 0.25) is 10.0 Å². The van der Waals surface area contributed by atoms with Crippen LogP contribution in [0, 0.1) is 12.7 Å². The van der Waals surface area contributed by atoms with Crippen LogP contribution in [0.1, 0.15) is 5.56 Å². The highest BCUT2D eigenvalue weighted by Crippen LogP contribution is 2.25. The van der Waals surface area contributed by atoms with E-state index in [1.54, 1.807) is 25.1 Å². The monoisotopic (exact) mass is 339 g/mol. The molecule has 2 aromatic rings. The first-order valence-corrected chi connectivity index (χ1v) is 8.44. The molecule has 5 nitrogen and oxygen atoms in total. The van der Waals surface area contributed by atoms with Crippen molar-refractivity contribution in [2.45, 2.75) is 11.8 Å². The van der Waals surface area contributed by atoms with Gasteiger partial charge in [-0.3, -0.25) is 0 Å². The fraction of sp³-hybridized carbons (Fsp3) is 0.250. The number of benzene rings is 2. The highest BCUT2D eigenvalue weighted by atomic mass is 32.2. The average molecular weight is 339 g/mol. The van der Waals surface area contributed by atoms with Crippen molar-refractivity contribution in [2.24, 2.45) is 0 Å². The first-order chi connectivity index (χ1) is 10.9. The molecule has 124 valence electrons. The molecule has 0 aliphatic rings. The highest BCUT2D eigenvalue weighted by Gasteiger charge is 2.16. The van der Waals surface area contributed by atoms with Gasteiger partial charge in [0.05, 0.1) is 12.0 Å². The lowest BCUT2D eigenvalue weighted by Crippen LogP contribution is -2.28. The number of rotatable bonds is 7. The van der Waals surface area contributed by atoms with Crippen LogP contribution in [-0.4, -0.2) is 28.7 Å². The van der Waals surface area contributed by atoms with Gasteiger partial charge in [-0.25, -0.2) is 17.5 Å². The van der Waals surface area contributed by atoms with Crippen molar-refractivity contribution < 1.29 is 22.3 Å². The smallest absolute Gasteiger partial charge is 0.240 e. The summed E-state index contributed by atoms with van der Waals surface area (Å²) in [6, 6.07) is 10.6. The van der Waals surface area contributed by atoms with Crippen molar-refractivity contribution in [3.05, 3.63) is 53.8 Å². The number of para-hydroxylation sites is 2. The van der Waals surface area contributed by atoms with E-state index in [1.165, 1.54) is 19.2 Å². The van der Waals surface area contributed by atoms with Crippen LogP contribution in [0.5, 0.6) is 11.5 Å². The van der Waals surface area contributed by atoms with E-state index in [1.807, 2.05) is 6.07 Å². The molecule has 0 atom stereocenters. The Bertz CT molecular complexity index is 777. The van der Waals surface area contributed by atoms with E-state index in [2.05, 4.69) is 4.72 Å². The van der Waals surface area contributed by atoms with E-state index in [0.717, 1.165) is 6.07 Å². The molecular formula is C16H18FNO4S. The molecule has 2 aromatic carbocycles. The topological polar surface area (TPSA) is 64.6 Å². The summed E-state index contributed by atoms with van der Waals surface area (Å²) in [4.78, 5) is 0.0520. The molecule has 0 radical (unpaired) electrons. The Morgan fingerprint density at radius 1 is 1.13 bits per heavy atom. The van der Waals surface area contributed by atoms with E-state index >= 15 is 0 Å². The molecule has 0 heterocycles. The summed E-state index contributed by atoms with van der Waals surface area (Å²) in [5.74, 6) is 0.637. The Labute approximate surface area is 135 Å². The lowest BCUT2D eigenvalue weighted by Gasteiger charge is -2.12. The third kappa shape index (κ3) is 4.43. The van der Waals surface area contributed by atoms with E-state index < -0.39 is 15.8 Å². The zero-order valence-corrected chi connectivity index (χ0v) is 13.7. The molecule has 0 unspecified atom stereocenters. The predicted octanol–water partition coefficient (Wildman–Crippen LogP) is 2.50. The molecule has 7 heteroatoms. The molecule has 0 aromatic heterocycles. The normalized spacial score (nSPS) is 11.3. The van der Waals surface area contributed by atoms with Crippen LogP contribution in [0.2, 0.25) is 0 Å². The van der Waals surface area contributed by atoms with E-state index in [9.17, 15) is 12.8 Å². The highest BCUT2D eigenvalue weighted by molar-refractivity contribution is 7.89. The molecule has 0 amide bonds. The zero-order valence-electron chi connectivity index (χ0n) is 12.9. The van der Waals surface area contributed by atoms with Crippen LogP contribution in [0.15, 0.2) is 47.4 Å². The molecule has 0 spiro atoms. The number of sulfonamides is 1.